The van der Waals surface area contributed by atoms with Crippen LogP contribution in [0.25, 0.3) is 0 Å². The molecule has 1 aliphatic rings. The molecule has 1 unspecified atom stereocenters. The van der Waals surface area contributed by atoms with E-state index in [-0.39, 0.29) is 11.5 Å². The number of amides is 1. The van der Waals surface area contributed by atoms with Crippen LogP contribution in [0.15, 0.2) is 16.7 Å². The number of anilines is 1. The third-order valence-corrected chi connectivity index (χ3v) is 4.00. The normalized spacial score (nSPS) is 21.3. The van der Waals surface area contributed by atoms with Crippen molar-refractivity contribution in [2.45, 2.75) is 38.7 Å². The largest absolute Gasteiger partial charge is 0.373 e. The van der Waals surface area contributed by atoms with E-state index in [0.717, 1.165) is 36.9 Å². The number of pyridine rings is 1. The Kier molecular flexibility index (Phi) is 5.58. The van der Waals surface area contributed by atoms with Crippen LogP contribution in [-0.4, -0.2) is 36.2 Å². The Balaban J connectivity index is 2.04. The Labute approximate surface area is 134 Å². The molecule has 2 N–H and O–H groups in total. The third-order valence-electron chi connectivity index (χ3n) is 3.56. The predicted octanol–water partition coefficient (Wildman–Crippen LogP) is 2.96. The quantitative estimate of drug-likeness (QED) is 0.823. The highest BCUT2D eigenvalue weighted by Gasteiger charge is 2.30. The van der Waals surface area contributed by atoms with E-state index in [2.05, 4.69) is 38.5 Å². The maximum absolute atomic E-state index is 12.4. The molecule has 0 spiro atoms. The Hall–Kier alpha value is -1.14. The highest BCUT2D eigenvalue weighted by atomic mass is 79.9. The van der Waals surface area contributed by atoms with Crippen LogP contribution >= 0.6 is 15.9 Å². The second-order valence-electron chi connectivity index (χ2n) is 5.56. The molecule has 116 valence electrons. The number of nitrogens with zero attached hydrogens (tertiary/aromatic N) is 1. The van der Waals surface area contributed by atoms with Gasteiger partial charge in [-0.1, -0.05) is 6.92 Å². The van der Waals surface area contributed by atoms with E-state index in [1.165, 1.54) is 0 Å². The summed E-state index contributed by atoms with van der Waals surface area (Å²) in [6.07, 6.45) is 4.69. The summed E-state index contributed by atoms with van der Waals surface area (Å²) in [5, 5.41) is 6.15. The summed E-state index contributed by atoms with van der Waals surface area (Å²) >= 11 is 3.37. The molecule has 2 heterocycles. The van der Waals surface area contributed by atoms with Gasteiger partial charge in [0.2, 0.25) is 0 Å². The second kappa shape index (κ2) is 7.22. The minimum Gasteiger partial charge on any atom is -0.373 e. The number of halogens is 1. The van der Waals surface area contributed by atoms with Crippen LogP contribution in [0, 0.1) is 0 Å². The number of hydrogen-bond donors (Lipinski definition) is 2. The molecule has 1 aromatic heterocycles. The standard InChI is InChI=1S/C15H22BrN3O2/c1-3-6-17-13-12(8-11(16)9-18-13)14(20)19-10-15(2)5-4-7-21-15/h8-9H,3-7,10H2,1-2H3,(H,17,18)(H,19,20). The van der Waals surface area contributed by atoms with E-state index in [0.29, 0.717) is 17.9 Å². The van der Waals surface area contributed by atoms with Gasteiger partial charge in [-0.2, -0.15) is 0 Å². The second-order valence-corrected chi connectivity index (χ2v) is 6.48. The van der Waals surface area contributed by atoms with Crippen molar-refractivity contribution in [1.82, 2.24) is 10.3 Å². The van der Waals surface area contributed by atoms with E-state index in [9.17, 15) is 4.79 Å². The molecule has 0 aliphatic carbocycles. The number of nitrogens with one attached hydrogen (secondary N) is 2. The number of hydrogen-bond acceptors (Lipinski definition) is 4. The van der Waals surface area contributed by atoms with Crippen molar-refractivity contribution in [3.8, 4) is 0 Å². The molecule has 2 rings (SSSR count). The van der Waals surface area contributed by atoms with Crippen molar-refractivity contribution in [3.05, 3.63) is 22.3 Å². The molecule has 0 aromatic carbocycles. The van der Waals surface area contributed by atoms with Crippen molar-refractivity contribution < 1.29 is 9.53 Å². The minimum atomic E-state index is -0.244. The van der Waals surface area contributed by atoms with Crippen LogP contribution < -0.4 is 10.6 Å². The van der Waals surface area contributed by atoms with E-state index in [1.807, 2.05) is 6.92 Å². The molecule has 0 radical (unpaired) electrons. The van der Waals surface area contributed by atoms with Crippen LogP contribution in [0.3, 0.4) is 0 Å². The van der Waals surface area contributed by atoms with Crippen LogP contribution in [0.4, 0.5) is 5.82 Å². The summed E-state index contributed by atoms with van der Waals surface area (Å²) < 4.78 is 6.48. The van der Waals surface area contributed by atoms with Gasteiger partial charge < -0.3 is 15.4 Å². The molecule has 0 saturated carbocycles. The lowest BCUT2D eigenvalue weighted by molar-refractivity contribution is 0.0206. The van der Waals surface area contributed by atoms with Crippen molar-refractivity contribution in [3.63, 3.8) is 0 Å². The van der Waals surface area contributed by atoms with Crippen molar-refractivity contribution in [1.29, 1.82) is 0 Å². The first-order chi connectivity index (χ1) is 10.0. The molecule has 1 aromatic rings. The van der Waals surface area contributed by atoms with Gasteiger partial charge >= 0.3 is 0 Å². The number of rotatable bonds is 6. The van der Waals surface area contributed by atoms with Gasteiger partial charge in [0, 0.05) is 30.4 Å². The van der Waals surface area contributed by atoms with Crippen LogP contribution in [0.5, 0.6) is 0 Å². The molecule has 1 aliphatic heterocycles. The van der Waals surface area contributed by atoms with Gasteiger partial charge in [-0.15, -0.1) is 0 Å². The number of aromatic nitrogens is 1. The summed E-state index contributed by atoms with van der Waals surface area (Å²) in [5.74, 6) is 0.495. The Morgan fingerprint density at radius 1 is 1.57 bits per heavy atom. The number of carbonyl (C=O) groups is 1. The van der Waals surface area contributed by atoms with Gasteiger partial charge in [-0.25, -0.2) is 4.98 Å². The highest BCUT2D eigenvalue weighted by molar-refractivity contribution is 9.10. The molecule has 1 fully saturated rings. The summed E-state index contributed by atoms with van der Waals surface area (Å²) in [7, 11) is 0. The van der Waals surface area contributed by atoms with Gasteiger partial charge in [-0.3, -0.25) is 4.79 Å². The molecule has 5 nitrogen and oxygen atoms in total. The topological polar surface area (TPSA) is 63.2 Å². The lowest BCUT2D eigenvalue weighted by atomic mass is 10.0. The van der Waals surface area contributed by atoms with Crippen LogP contribution in [0.2, 0.25) is 0 Å². The van der Waals surface area contributed by atoms with E-state index in [4.69, 9.17) is 4.74 Å². The Morgan fingerprint density at radius 3 is 3.05 bits per heavy atom. The molecule has 6 heteroatoms. The smallest absolute Gasteiger partial charge is 0.255 e. The molecule has 1 atom stereocenters. The zero-order valence-electron chi connectivity index (χ0n) is 12.5. The zero-order chi connectivity index (χ0) is 15.3. The molecule has 1 amide bonds. The van der Waals surface area contributed by atoms with Gasteiger partial charge in [0.1, 0.15) is 5.82 Å². The Bertz CT molecular complexity index is 502. The fourth-order valence-electron chi connectivity index (χ4n) is 2.34. The summed E-state index contributed by atoms with van der Waals surface area (Å²) in [6.45, 7) is 6.19. The van der Waals surface area contributed by atoms with Crippen LogP contribution in [-0.2, 0) is 4.74 Å². The molecular weight excluding hydrogens is 334 g/mol. The third kappa shape index (κ3) is 4.41. The lowest BCUT2D eigenvalue weighted by Crippen LogP contribution is -2.40. The fourth-order valence-corrected chi connectivity index (χ4v) is 2.67. The maximum Gasteiger partial charge on any atom is 0.255 e. The zero-order valence-corrected chi connectivity index (χ0v) is 14.1. The summed E-state index contributed by atoms with van der Waals surface area (Å²) in [4.78, 5) is 16.7. The van der Waals surface area contributed by atoms with Gasteiger partial charge in [0.05, 0.1) is 11.2 Å². The van der Waals surface area contributed by atoms with Crippen molar-refractivity contribution in [2.75, 3.05) is 25.0 Å². The van der Waals surface area contributed by atoms with Crippen LogP contribution in [0.1, 0.15) is 43.5 Å². The van der Waals surface area contributed by atoms with E-state index >= 15 is 0 Å². The summed E-state index contributed by atoms with van der Waals surface area (Å²) in [5.41, 5.74) is 0.311. The van der Waals surface area contributed by atoms with Gasteiger partial charge in [-0.05, 0) is 48.2 Å². The molecule has 0 bridgehead atoms. The molecular formula is C15H22BrN3O2. The van der Waals surface area contributed by atoms with E-state index < -0.39 is 0 Å². The van der Waals surface area contributed by atoms with Crippen molar-refractivity contribution >= 4 is 27.7 Å². The number of carbonyl (C=O) groups excluding carboxylic acids is 1. The molecule has 21 heavy (non-hydrogen) atoms. The average molecular weight is 356 g/mol. The lowest BCUT2D eigenvalue weighted by Gasteiger charge is -2.23. The predicted molar refractivity (Wildman–Crippen MR) is 86.6 cm³/mol. The highest BCUT2D eigenvalue weighted by Crippen LogP contribution is 2.24. The van der Waals surface area contributed by atoms with Gasteiger partial charge in [0.15, 0.2) is 0 Å². The number of ether oxygens (including phenoxy) is 1. The minimum absolute atomic E-state index is 0.126. The first kappa shape index (κ1) is 16.2. The van der Waals surface area contributed by atoms with Crippen molar-refractivity contribution in [2.24, 2.45) is 0 Å². The fraction of sp³-hybridized carbons (Fsp3) is 0.600. The Morgan fingerprint density at radius 2 is 2.38 bits per heavy atom. The summed E-state index contributed by atoms with van der Waals surface area (Å²) in [6, 6.07) is 1.79. The molecule has 1 saturated heterocycles. The van der Waals surface area contributed by atoms with Gasteiger partial charge in [0.25, 0.3) is 5.91 Å². The van der Waals surface area contributed by atoms with E-state index in [1.54, 1.807) is 12.3 Å². The first-order valence-corrected chi connectivity index (χ1v) is 8.15. The monoisotopic (exact) mass is 355 g/mol. The first-order valence-electron chi connectivity index (χ1n) is 7.36. The SMILES string of the molecule is CCCNc1ncc(Br)cc1C(=O)NCC1(C)CCCO1. The maximum atomic E-state index is 12.4. The average Bonchev–Trinajstić information content (AvgIpc) is 2.91.